The van der Waals surface area contributed by atoms with Crippen LogP contribution in [0.2, 0.25) is 0 Å². The van der Waals surface area contributed by atoms with Gasteiger partial charge in [-0.15, -0.1) is 0 Å². The van der Waals surface area contributed by atoms with E-state index < -0.39 is 5.41 Å². The summed E-state index contributed by atoms with van der Waals surface area (Å²) in [5, 5.41) is 12.9. The van der Waals surface area contributed by atoms with Crippen molar-refractivity contribution < 1.29 is 0 Å². The number of hydrogen-bond acceptors (Lipinski definition) is 0. The van der Waals surface area contributed by atoms with Crippen LogP contribution in [-0.4, -0.2) is 0 Å². The second-order valence-corrected chi connectivity index (χ2v) is 19.3. The molecule has 316 valence electrons. The summed E-state index contributed by atoms with van der Waals surface area (Å²) in [6.45, 7) is 0. The lowest BCUT2D eigenvalue weighted by Crippen LogP contribution is -2.26. The highest BCUT2D eigenvalue weighted by molar-refractivity contribution is 6.29. The first-order valence-corrected chi connectivity index (χ1v) is 24.3. The lowest BCUT2D eigenvalue weighted by molar-refractivity contribution is 0.803. The monoisotopic (exact) mass is 868 g/mol. The minimum Gasteiger partial charge on any atom is -0.0622 e. The normalized spacial score (nSPS) is 13.3. The van der Waals surface area contributed by atoms with Crippen molar-refractivity contribution in [2.75, 3.05) is 0 Å². The highest BCUT2D eigenvalue weighted by Crippen LogP contribution is 2.66. The van der Waals surface area contributed by atoms with Gasteiger partial charge in [-0.2, -0.15) is 0 Å². The minimum absolute atomic E-state index is 0.490. The van der Waals surface area contributed by atoms with Crippen molar-refractivity contribution >= 4 is 53.9 Å². The predicted molar refractivity (Wildman–Crippen MR) is 291 cm³/mol. The fourth-order valence-corrected chi connectivity index (χ4v) is 13.6. The summed E-state index contributed by atoms with van der Waals surface area (Å²) in [5.41, 5.74) is 23.2. The second-order valence-electron chi connectivity index (χ2n) is 19.3. The summed E-state index contributed by atoms with van der Waals surface area (Å²) in [6, 6.07) is 91.8. The van der Waals surface area contributed by atoms with E-state index in [0.29, 0.717) is 0 Å². The van der Waals surface area contributed by atoms with Crippen molar-refractivity contribution in [3.05, 3.63) is 265 Å². The molecule has 0 nitrogen and oxygen atoms in total. The molecule has 0 aromatic heterocycles. The highest BCUT2D eigenvalue weighted by Gasteiger charge is 2.53. The summed E-state index contributed by atoms with van der Waals surface area (Å²) in [6.07, 6.45) is 0. The molecule has 0 saturated carbocycles. The summed E-state index contributed by atoms with van der Waals surface area (Å²) in [7, 11) is 0. The van der Waals surface area contributed by atoms with Crippen LogP contribution >= 0.6 is 0 Å². The van der Waals surface area contributed by atoms with Crippen LogP contribution in [0, 0.1) is 0 Å². The Morgan fingerprint density at radius 1 is 0.217 bits per heavy atom. The number of benzene rings is 13. The molecule has 0 unspecified atom stereocenters. The maximum Gasteiger partial charge on any atom is 0.0731 e. The van der Waals surface area contributed by atoms with Crippen LogP contribution in [0.25, 0.3) is 132 Å². The van der Waals surface area contributed by atoms with Gasteiger partial charge in [0.2, 0.25) is 0 Å². The third-order valence-electron chi connectivity index (χ3n) is 16.1. The van der Waals surface area contributed by atoms with E-state index in [-0.39, 0.29) is 0 Å². The standard InChI is InChI=1S/C69H40/c1-3-18-41(19-4-1)62-53-27-10-11-28-54(53)63(42-20-5-2-6-21-42)67-57-37-36-46(51-30-17-31-56(64(51)57)66(62)67)44-35-34-43-39-58-61(40-45(43)38-44)69(59-32-15-13-24-49(59)50-25-14-16-33-60(50)69)68-55-29-12-8-23-48(55)47-22-7-9-26-52(47)65(58)68/h1-40H. The summed E-state index contributed by atoms with van der Waals surface area (Å²) in [5.74, 6) is 0. The number of hydrogen-bond donors (Lipinski definition) is 0. The predicted octanol–water partition coefficient (Wildman–Crippen LogP) is 18.4. The number of fused-ring (bicyclic) bond motifs is 20. The molecule has 0 N–H and O–H groups in total. The Morgan fingerprint density at radius 3 is 1.33 bits per heavy atom. The van der Waals surface area contributed by atoms with Crippen LogP contribution < -0.4 is 0 Å². The van der Waals surface area contributed by atoms with Gasteiger partial charge in [-0.1, -0.05) is 224 Å². The summed E-state index contributed by atoms with van der Waals surface area (Å²) in [4.78, 5) is 0. The van der Waals surface area contributed by atoms with Crippen molar-refractivity contribution in [2.24, 2.45) is 0 Å². The van der Waals surface area contributed by atoms with E-state index in [1.807, 2.05) is 0 Å². The molecule has 13 aromatic carbocycles. The first-order chi connectivity index (χ1) is 34.3. The van der Waals surface area contributed by atoms with Crippen LogP contribution in [-0.2, 0) is 5.41 Å². The molecule has 0 saturated heterocycles. The molecule has 0 aliphatic heterocycles. The maximum absolute atomic E-state index is 2.57. The number of rotatable bonds is 3. The van der Waals surface area contributed by atoms with Gasteiger partial charge in [0.05, 0.1) is 5.41 Å². The molecule has 16 rings (SSSR count). The van der Waals surface area contributed by atoms with E-state index in [0.717, 1.165) is 0 Å². The van der Waals surface area contributed by atoms with Crippen molar-refractivity contribution in [2.45, 2.75) is 5.41 Å². The first kappa shape index (κ1) is 37.3. The molecular formula is C69H40. The molecule has 0 fully saturated rings. The molecule has 0 heterocycles. The van der Waals surface area contributed by atoms with Crippen molar-refractivity contribution in [1.82, 2.24) is 0 Å². The largest absolute Gasteiger partial charge is 0.0731 e. The Kier molecular flexibility index (Phi) is 7.36. The Bertz CT molecular complexity index is 4260. The lowest BCUT2D eigenvalue weighted by atomic mass is 9.69. The van der Waals surface area contributed by atoms with Crippen LogP contribution in [0.4, 0.5) is 0 Å². The van der Waals surface area contributed by atoms with Gasteiger partial charge in [0, 0.05) is 0 Å². The zero-order chi connectivity index (χ0) is 45.0. The van der Waals surface area contributed by atoms with Gasteiger partial charge in [-0.3, -0.25) is 0 Å². The van der Waals surface area contributed by atoms with Gasteiger partial charge in [-0.25, -0.2) is 0 Å². The van der Waals surface area contributed by atoms with E-state index in [4.69, 9.17) is 0 Å². The Hall–Kier alpha value is -8.84. The average Bonchev–Trinajstić information content (AvgIpc) is 4.02. The van der Waals surface area contributed by atoms with E-state index in [1.165, 1.54) is 154 Å². The van der Waals surface area contributed by atoms with Gasteiger partial charge in [0.15, 0.2) is 0 Å². The quantitative estimate of drug-likeness (QED) is 0.155. The smallest absolute Gasteiger partial charge is 0.0622 e. The molecule has 0 bridgehead atoms. The zero-order valence-corrected chi connectivity index (χ0v) is 37.6. The molecule has 3 aliphatic rings. The zero-order valence-electron chi connectivity index (χ0n) is 37.6. The summed E-state index contributed by atoms with van der Waals surface area (Å²) < 4.78 is 0. The van der Waals surface area contributed by atoms with E-state index in [9.17, 15) is 0 Å². The van der Waals surface area contributed by atoms with Crippen LogP contribution in [0.1, 0.15) is 22.3 Å². The fourth-order valence-electron chi connectivity index (χ4n) is 13.6. The van der Waals surface area contributed by atoms with Gasteiger partial charge in [0.1, 0.15) is 0 Å². The van der Waals surface area contributed by atoms with Crippen LogP contribution in [0.3, 0.4) is 0 Å². The van der Waals surface area contributed by atoms with E-state index >= 15 is 0 Å². The van der Waals surface area contributed by atoms with Gasteiger partial charge in [0.25, 0.3) is 0 Å². The Morgan fingerprint density at radius 2 is 0.696 bits per heavy atom. The molecule has 0 amide bonds. The minimum atomic E-state index is -0.490. The Labute approximate surface area is 400 Å². The van der Waals surface area contributed by atoms with Crippen molar-refractivity contribution in [1.29, 1.82) is 0 Å². The topological polar surface area (TPSA) is 0 Å². The Balaban J connectivity index is 0.969. The van der Waals surface area contributed by atoms with Crippen LogP contribution in [0.15, 0.2) is 243 Å². The molecule has 0 radical (unpaired) electrons. The van der Waals surface area contributed by atoms with Crippen molar-refractivity contribution in [3.8, 4) is 77.9 Å². The molecule has 3 aliphatic carbocycles. The molecule has 0 atom stereocenters. The maximum atomic E-state index is 2.57. The first-order valence-electron chi connectivity index (χ1n) is 24.3. The molecular weight excluding hydrogens is 829 g/mol. The second kappa shape index (κ2) is 13.6. The molecule has 1 spiro atoms. The molecule has 13 aromatic rings. The van der Waals surface area contributed by atoms with E-state index in [2.05, 4.69) is 243 Å². The third-order valence-corrected chi connectivity index (χ3v) is 16.1. The SMILES string of the molecule is c1ccc(-c2c3c(c(-c4ccccc4)c4ccccc24)-c2ccc(-c4ccc5cc6c(cc5c4)C4(c5ccccc5-c5ccccc54)c4c-6c5ccccc5c5ccccc45)c4cccc-3c24)cc1. The van der Waals surface area contributed by atoms with Crippen molar-refractivity contribution in [3.63, 3.8) is 0 Å². The van der Waals surface area contributed by atoms with E-state index in [1.54, 1.807) is 0 Å². The van der Waals surface area contributed by atoms with Gasteiger partial charge < -0.3 is 0 Å². The third kappa shape index (κ3) is 4.73. The van der Waals surface area contributed by atoms with Gasteiger partial charge in [-0.05, 0) is 172 Å². The fraction of sp³-hybridized carbons (Fsp3) is 0.0145. The summed E-state index contributed by atoms with van der Waals surface area (Å²) >= 11 is 0. The van der Waals surface area contributed by atoms with Crippen LogP contribution in [0.5, 0.6) is 0 Å². The molecule has 0 heteroatoms. The average molecular weight is 869 g/mol. The molecule has 69 heavy (non-hydrogen) atoms. The highest BCUT2D eigenvalue weighted by atomic mass is 14.5. The lowest BCUT2D eigenvalue weighted by Gasteiger charge is -2.32. The van der Waals surface area contributed by atoms with Gasteiger partial charge >= 0.3 is 0 Å².